The van der Waals surface area contributed by atoms with Gasteiger partial charge in [0.15, 0.2) is 0 Å². The van der Waals surface area contributed by atoms with Gasteiger partial charge >= 0.3 is 11.9 Å². The van der Waals surface area contributed by atoms with Gasteiger partial charge in [-0.3, -0.25) is 9.59 Å². The Hall–Kier alpha value is -1.06. The molecule has 2 atom stereocenters. The van der Waals surface area contributed by atoms with E-state index in [1.807, 2.05) is 13.8 Å². The van der Waals surface area contributed by atoms with Crippen LogP contribution in [0.25, 0.3) is 0 Å². The number of esters is 2. The van der Waals surface area contributed by atoms with Crippen molar-refractivity contribution >= 4 is 11.9 Å². The summed E-state index contributed by atoms with van der Waals surface area (Å²) in [5, 5.41) is 0. The number of hydrogen-bond acceptors (Lipinski definition) is 4. The maximum absolute atomic E-state index is 11.3. The van der Waals surface area contributed by atoms with Gasteiger partial charge < -0.3 is 9.47 Å². The van der Waals surface area contributed by atoms with Crippen molar-refractivity contribution < 1.29 is 19.1 Å². The van der Waals surface area contributed by atoms with Crippen LogP contribution in [-0.4, -0.2) is 24.1 Å². The molecular weight excluding hydrogens is 184 g/mol. The summed E-state index contributed by atoms with van der Waals surface area (Å²) in [6.07, 6.45) is 1.04. The van der Waals surface area contributed by atoms with Gasteiger partial charge in [-0.05, 0) is 12.8 Å². The van der Waals surface area contributed by atoms with E-state index in [0.717, 1.165) is 0 Å². The van der Waals surface area contributed by atoms with Crippen LogP contribution in [0.15, 0.2) is 0 Å². The van der Waals surface area contributed by atoms with Crippen LogP contribution in [0.2, 0.25) is 0 Å². The molecule has 0 aromatic rings. The molecule has 0 bridgehead atoms. The van der Waals surface area contributed by atoms with Crippen molar-refractivity contribution in [3.63, 3.8) is 0 Å². The van der Waals surface area contributed by atoms with Crippen molar-refractivity contribution in [2.45, 2.75) is 51.7 Å². The predicted molar refractivity (Wildman–Crippen MR) is 49.6 cm³/mol. The van der Waals surface area contributed by atoms with Gasteiger partial charge in [0.2, 0.25) is 0 Å². The fourth-order valence-electron chi connectivity index (χ4n) is 1.38. The molecule has 0 aromatic heterocycles. The molecule has 1 rings (SSSR count). The molecule has 1 heterocycles. The number of hydrogen-bond donors (Lipinski definition) is 0. The first-order valence-electron chi connectivity index (χ1n) is 5.04. The molecular formula is C10H16O4. The summed E-state index contributed by atoms with van der Waals surface area (Å²) >= 11 is 0. The summed E-state index contributed by atoms with van der Waals surface area (Å²) in [4.78, 5) is 22.5. The maximum Gasteiger partial charge on any atom is 0.309 e. The van der Waals surface area contributed by atoms with Crippen molar-refractivity contribution in [3.05, 3.63) is 0 Å². The second-order valence-corrected chi connectivity index (χ2v) is 3.45. The average molecular weight is 200 g/mol. The molecule has 14 heavy (non-hydrogen) atoms. The largest absolute Gasteiger partial charge is 0.462 e. The molecule has 0 N–H and O–H groups in total. The van der Waals surface area contributed by atoms with Crippen molar-refractivity contribution in [2.24, 2.45) is 0 Å². The third-order valence-corrected chi connectivity index (χ3v) is 2.30. The maximum atomic E-state index is 11.3. The van der Waals surface area contributed by atoms with E-state index >= 15 is 0 Å². The Morgan fingerprint density at radius 3 is 1.64 bits per heavy atom. The van der Waals surface area contributed by atoms with Crippen LogP contribution < -0.4 is 0 Å². The first-order chi connectivity index (χ1) is 6.65. The van der Waals surface area contributed by atoms with Crippen LogP contribution in [0, 0.1) is 0 Å². The molecule has 1 aliphatic heterocycles. The lowest BCUT2D eigenvalue weighted by Crippen LogP contribution is -2.31. The minimum absolute atomic E-state index is 0.179. The van der Waals surface area contributed by atoms with Gasteiger partial charge in [-0.25, -0.2) is 0 Å². The Labute approximate surface area is 83.6 Å². The minimum atomic E-state index is -0.312. The first kappa shape index (κ1) is 11.0. The SMILES string of the molecule is CC[C@H]1CC(=O)O[C@@H](CC)CC(=O)O1. The zero-order valence-electron chi connectivity index (χ0n) is 8.62. The molecule has 4 nitrogen and oxygen atoms in total. The van der Waals surface area contributed by atoms with Crippen LogP contribution in [-0.2, 0) is 19.1 Å². The fourth-order valence-corrected chi connectivity index (χ4v) is 1.38. The Kier molecular flexibility index (Phi) is 3.92. The average Bonchev–Trinajstić information content (AvgIpc) is 2.13. The zero-order chi connectivity index (χ0) is 10.6. The lowest BCUT2D eigenvalue weighted by Gasteiger charge is -2.23. The molecule has 0 aliphatic carbocycles. The third-order valence-electron chi connectivity index (χ3n) is 2.30. The molecule has 1 aliphatic rings. The molecule has 1 fully saturated rings. The van der Waals surface area contributed by atoms with E-state index < -0.39 is 0 Å². The monoisotopic (exact) mass is 200 g/mol. The summed E-state index contributed by atoms with van der Waals surface area (Å²) < 4.78 is 10.2. The van der Waals surface area contributed by atoms with E-state index in [9.17, 15) is 9.59 Å². The summed E-state index contributed by atoms with van der Waals surface area (Å²) in [6.45, 7) is 3.76. The van der Waals surface area contributed by atoms with Crippen LogP contribution in [0.4, 0.5) is 0 Å². The fraction of sp³-hybridized carbons (Fsp3) is 0.800. The smallest absolute Gasteiger partial charge is 0.309 e. The van der Waals surface area contributed by atoms with Crippen LogP contribution in [0.5, 0.6) is 0 Å². The highest BCUT2D eigenvalue weighted by Crippen LogP contribution is 2.15. The number of ether oxygens (including phenoxy) is 2. The van der Waals surface area contributed by atoms with E-state index in [2.05, 4.69) is 0 Å². The van der Waals surface area contributed by atoms with Crippen LogP contribution in [0.1, 0.15) is 39.5 Å². The normalized spacial score (nSPS) is 28.7. The van der Waals surface area contributed by atoms with Crippen molar-refractivity contribution in [1.29, 1.82) is 0 Å². The minimum Gasteiger partial charge on any atom is -0.462 e. The summed E-state index contributed by atoms with van der Waals surface area (Å²) in [5.41, 5.74) is 0. The molecule has 0 unspecified atom stereocenters. The van der Waals surface area contributed by atoms with E-state index in [1.54, 1.807) is 0 Å². The van der Waals surface area contributed by atoms with Gasteiger partial charge in [0.1, 0.15) is 12.2 Å². The molecule has 0 radical (unpaired) electrons. The molecule has 0 amide bonds. The highest BCUT2D eigenvalue weighted by Gasteiger charge is 2.26. The van der Waals surface area contributed by atoms with Crippen molar-refractivity contribution in [3.8, 4) is 0 Å². The summed E-state index contributed by atoms with van der Waals surface area (Å²) in [6, 6.07) is 0. The van der Waals surface area contributed by atoms with E-state index in [1.165, 1.54) is 0 Å². The lowest BCUT2D eigenvalue weighted by molar-refractivity contribution is -0.168. The number of carbonyl (C=O) groups is 2. The Morgan fingerprint density at radius 2 is 1.36 bits per heavy atom. The predicted octanol–water partition coefficient (Wildman–Crippen LogP) is 1.42. The van der Waals surface area contributed by atoms with Crippen LogP contribution >= 0.6 is 0 Å². The topological polar surface area (TPSA) is 52.6 Å². The van der Waals surface area contributed by atoms with Gasteiger partial charge in [-0.15, -0.1) is 0 Å². The van der Waals surface area contributed by atoms with E-state index in [0.29, 0.717) is 12.8 Å². The molecule has 0 spiro atoms. The Morgan fingerprint density at radius 1 is 1.00 bits per heavy atom. The lowest BCUT2D eigenvalue weighted by atomic mass is 10.1. The standard InChI is InChI=1S/C10H16O4/c1-3-7-5-9(11)14-8(4-2)6-10(12)13-7/h7-8H,3-6H2,1-2H3/t7-,8-/m0/s1. The molecule has 0 saturated carbocycles. The van der Waals surface area contributed by atoms with Crippen molar-refractivity contribution in [1.82, 2.24) is 0 Å². The van der Waals surface area contributed by atoms with E-state index in [4.69, 9.17) is 9.47 Å². The first-order valence-corrected chi connectivity index (χ1v) is 5.04. The van der Waals surface area contributed by atoms with Gasteiger partial charge in [0.05, 0.1) is 12.8 Å². The van der Waals surface area contributed by atoms with Gasteiger partial charge in [0.25, 0.3) is 0 Å². The molecule has 1 saturated heterocycles. The number of cyclic esters (lactones) is 2. The van der Waals surface area contributed by atoms with Crippen LogP contribution in [0.3, 0.4) is 0 Å². The Bertz CT molecular complexity index is 184. The quantitative estimate of drug-likeness (QED) is 0.633. The van der Waals surface area contributed by atoms with Gasteiger partial charge in [-0.2, -0.15) is 0 Å². The highest BCUT2D eigenvalue weighted by atomic mass is 16.6. The Balaban J connectivity index is 2.60. The highest BCUT2D eigenvalue weighted by molar-refractivity contribution is 5.75. The number of carbonyl (C=O) groups excluding carboxylic acids is 2. The summed E-state index contributed by atoms with van der Waals surface area (Å²) in [7, 11) is 0. The number of rotatable bonds is 2. The second-order valence-electron chi connectivity index (χ2n) is 3.45. The van der Waals surface area contributed by atoms with Gasteiger partial charge in [-0.1, -0.05) is 13.8 Å². The molecule has 80 valence electrons. The summed E-state index contributed by atoms with van der Waals surface area (Å²) in [5.74, 6) is -0.535. The zero-order valence-corrected chi connectivity index (χ0v) is 8.62. The third kappa shape index (κ3) is 3.01. The van der Waals surface area contributed by atoms with E-state index in [-0.39, 0.29) is 37.0 Å². The van der Waals surface area contributed by atoms with Gasteiger partial charge in [0, 0.05) is 0 Å². The second kappa shape index (κ2) is 4.98. The molecule has 4 heteroatoms. The van der Waals surface area contributed by atoms with Crippen molar-refractivity contribution in [2.75, 3.05) is 0 Å². The molecule has 0 aromatic carbocycles.